The zero-order chi connectivity index (χ0) is 16.1. The van der Waals surface area contributed by atoms with Crippen LogP contribution in [0.3, 0.4) is 0 Å². The molecule has 1 aliphatic rings. The van der Waals surface area contributed by atoms with Crippen LogP contribution in [0, 0.1) is 5.41 Å². The highest BCUT2D eigenvalue weighted by Gasteiger charge is 2.47. The normalized spacial score (nSPS) is 26.0. The van der Waals surface area contributed by atoms with E-state index in [2.05, 4.69) is 0 Å². The second kappa shape index (κ2) is 4.98. The lowest BCUT2D eigenvalue weighted by atomic mass is 9.89. The second-order valence-corrected chi connectivity index (χ2v) is 8.24. The van der Waals surface area contributed by atoms with Crippen molar-refractivity contribution in [2.24, 2.45) is 5.41 Å². The number of hydrogen-bond donors (Lipinski definition) is 1. The summed E-state index contributed by atoms with van der Waals surface area (Å²) in [7, 11) is -3.84. The number of aliphatic hydroxyl groups excluding tert-OH is 1. The van der Waals surface area contributed by atoms with Crippen LogP contribution in [0.15, 0.2) is 29.2 Å². The molecule has 2 unspecified atom stereocenters. The summed E-state index contributed by atoms with van der Waals surface area (Å²) in [6, 6.07) is 3.41. The van der Waals surface area contributed by atoms with Gasteiger partial charge in [-0.3, -0.25) is 0 Å². The average molecular weight is 322 g/mol. The van der Waals surface area contributed by atoms with Crippen molar-refractivity contribution >= 4 is 9.84 Å². The molecule has 0 aromatic heterocycles. The molecule has 2 atom stereocenters. The lowest BCUT2D eigenvalue weighted by molar-refractivity contribution is -0.137. The maximum absolute atomic E-state index is 12.5. The van der Waals surface area contributed by atoms with Crippen LogP contribution >= 0.6 is 0 Å². The number of rotatable bonds is 2. The Kier molecular flexibility index (Phi) is 3.87. The highest BCUT2D eigenvalue weighted by Crippen LogP contribution is 2.42. The Morgan fingerprint density at radius 3 is 2.10 bits per heavy atom. The number of alkyl halides is 3. The van der Waals surface area contributed by atoms with E-state index in [0.29, 0.717) is 12.8 Å². The van der Waals surface area contributed by atoms with Gasteiger partial charge < -0.3 is 5.11 Å². The van der Waals surface area contributed by atoms with E-state index in [1.165, 1.54) is 0 Å². The summed E-state index contributed by atoms with van der Waals surface area (Å²) in [6.07, 6.45) is -4.67. The first-order chi connectivity index (χ1) is 9.46. The Hall–Kier alpha value is -1.08. The molecule has 7 heteroatoms. The van der Waals surface area contributed by atoms with Crippen molar-refractivity contribution in [1.29, 1.82) is 0 Å². The minimum Gasteiger partial charge on any atom is -0.391 e. The third-order valence-electron chi connectivity index (χ3n) is 4.13. The number of benzene rings is 1. The smallest absolute Gasteiger partial charge is 0.391 e. The predicted molar refractivity (Wildman–Crippen MR) is 71.4 cm³/mol. The molecule has 0 bridgehead atoms. The summed E-state index contributed by atoms with van der Waals surface area (Å²) < 4.78 is 62.4. The molecule has 1 saturated carbocycles. The largest absolute Gasteiger partial charge is 0.416 e. The summed E-state index contributed by atoms with van der Waals surface area (Å²) in [5.74, 6) is 0. The standard InChI is InChI=1S/C14H17F3O3S/c1-13(2)8-7-11(12(13)18)21(19,20)10-5-3-9(4-6-10)14(15,16)17/h3-6,11-12,18H,7-8H2,1-2H3. The lowest BCUT2D eigenvalue weighted by Crippen LogP contribution is -2.36. The molecular weight excluding hydrogens is 305 g/mol. The van der Waals surface area contributed by atoms with Gasteiger partial charge in [0.1, 0.15) is 0 Å². The van der Waals surface area contributed by atoms with E-state index in [-0.39, 0.29) is 4.90 Å². The van der Waals surface area contributed by atoms with Gasteiger partial charge in [-0.2, -0.15) is 13.2 Å². The SMILES string of the molecule is CC1(C)CCC(S(=O)(=O)c2ccc(C(F)(F)F)cc2)C1O. The summed E-state index contributed by atoms with van der Waals surface area (Å²) in [6.45, 7) is 3.56. The van der Waals surface area contributed by atoms with Crippen molar-refractivity contribution in [2.75, 3.05) is 0 Å². The van der Waals surface area contributed by atoms with Gasteiger partial charge in [0, 0.05) is 0 Å². The van der Waals surface area contributed by atoms with Gasteiger partial charge in [-0.25, -0.2) is 8.42 Å². The van der Waals surface area contributed by atoms with Gasteiger partial charge in [0.25, 0.3) is 0 Å². The van der Waals surface area contributed by atoms with E-state index in [9.17, 15) is 26.7 Å². The molecule has 1 aliphatic carbocycles. The summed E-state index contributed by atoms with van der Waals surface area (Å²) in [4.78, 5) is -0.183. The van der Waals surface area contributed by atoms with Gasteiger partial charge in [-0.15, -0.1) is 0 Å². The van der Waals surface area contributed by atoms with Crippen LogP contribution in [0.2, 0.25) is 0 Å². The quantitative estimate of drug-likeness (QED) is 0.910. The van der Waals surface area contributed by atoms with Gasteiger partial charge in [0.05, 0.1) is 21.8 Å². The maximum Gasteiger partial charge on any atom is 0.416 e. The Morgan fingerprint density at radius 2 is 1.71 bits per heavy atom. The molecule has 1 N–H and O–H groups in total. The molecule has 118 valence electrons. The molecule has 1 aromatic carbocycles. The number of hydrogen-bond acceptors (Lipinski definition) is 3. The zero-order valence-corrected chi connectivity index (χ0v) is 12.5. The van der Waals surface area contributed by atoms with Crippen molar-refractivity contribution in [3.63, 3.8) is 0 Å². The predicted octanol–water partition coefficient (Wildman–Crippen LogP) is 3.03. The van der Waals surface area contributed by atoms with Crippen LogP contribution in [0.4, 0.5) is 13.2 Å². The number of aliphatic hydroxyl groups is 1. The monoisotopic (exact) mass is 322 g/mol. The molecule has 1 aromatic rings. The molecular formula is C14H17F3O3S. The van der Waals surface area contributed by atoms with E-state index in [1.807, 2.05) is 0 Å². The molecule has 21 heavy (non-hydrogen) atoms. The summed E-state index contributed by atoms with van der Waals surface area (Å²) in [5, 5.41) is 9.17. The third-order valence-corrected chi connectivity index (χ3v) is 6.35. The van der Waals surface area contributed by atoms with Crippen molar-refractivity contribution in [3.8, 4) is 0 Å². The van der Waals surface area contributed by atoms with Gasteiger partial charge in [-0.1, -0.05) is 13.8 Å². The Balaban J connectivity index is 2.33. The minimum absolute atomic E-state index is 0.183. The van der Waals surface area contributed by atoms with Gasteiger partial charge in [0.15, 0.2) is 9.84 Å². The van der Waals surface area contributed by atoms with Crippen molar-refractivity contribution in [3.05, 3.63) is 29.8 Å². The van der Waals surface area contributed by atoms with Crippen molar-refractivity contribution in [2.45, 2.75) is 49.1 Å². The first kappa shape index (κ1) is 16.3. The Labute approximate surface area is 121 Å². The van der Waals surface area contributed by atoms with Crippen LogP contribution < -0.4 is 0 Å². The first-order valence-corrected chi connectivity index (χ1v) is 8.10. The lowest BCUT2D eigenvalue weighted by Gasteiger charge is -2.25. The van der Waals surface area contributed by atoms with Gasteiger partial charge in [0.2, 0.25) is 0 Å². The molecule has 0 aliphatic heterocycles. The van der Waals surface area contributed by atoms with Crippen LogP contribution in [0.1, 0.15) is 32.3 Å². The van der Waals surface area contributed by atoms with E-state index in [0.717, 1.165) is 24.3 Å². The molecule has 1 fully saturated rings. The molecule has 0 heterocycles. The van der Waals surface area contributed by atoms with Crippen LogP contribution in [0.25, 0.3) is 0 Å². The van der Waals surface area contributed by atoms with Gasteiger partial charge in [-0.05, 0) is 42.5 Å². The molecule has 3 nitrogen and oxygen atoms in total. The maximum atomic E-state index is 12.5. The first-order valence-electron chi connectivity index (χ1n) is 6.55. The number of halogens is 3. The van der Waals surface area contributed by atoms with Crippen LogP contribution in [0.5, 0.6) is 0 Å². The highest BCUT2D eigenvalue weighted by atomic mass is 32.2. The van der Waals surface area contributed by atoms with E-state index in [1.54, 1.807) is 13.8 Å². The number of sulfone groups is 1. The molecule has 0 saturated heterocycles. The fraction of sp³-hybridized carbons (Fsp3) is 0.571. The Morgan fingerprint density at radius 1 is 1.19 bits per heavy atom. The topological polar surface area (TPSA) is 54.4 Å². The van der Waals surface area contributed by atoms with Crippen LogP contribution in [-0.4, -0.2) is 24.9 Å². The average Bonchev–Trinajstić information content (AvgIpc) is 2.64. The van der Waals surface area contributed by atoms with Crippen molar-refractivity contribution < 1.29 is 26.7 Å². The van der Waals surface area contributed by atoms with E-state index >= 15 is 0 Å². The molecule has 2 rings (SSSR count). The molecule has 0 amide bonds. The molecule has 0 spiro atoms. The highest BCUT2D eigenvalue weighted by molar-refractivity contribution is 7.92. The second-order valence-electron chi connectivity index (χ2n) is 6.08. The molecule has 0 radical (unpaired) electrons. The van der Waals surface area contributed by atoms with Crippen LogP contribution in [-0.2, 0) is 16.0 Å². The van der Waals surface area contributed by atoms with Gasteiger partial charge >= 0.3 is 6.18 Å². The third kappa shape index (κ3) is 2.94. The summed E-state index contributed by atoms with van der Waals surface area (Å²) >= 11 is 0. The van der Waals surface area contributed by atoms with E-state index < -0.39 is 38.3 Å². The zero-order valence-electron chi connectivity index (χ0n) is 11.7. The Bertz CT molecular complexity index is 618. The van der Waals surface area contributed by atoms with E-state index in [4.69, 9.17) is 0 Å². The fourth-order valence-electron chi connectivity index (χ4n) is 2.66. The van der Waals surface area contributed by atoms with Crippen molar-refractivity contribution in [1.82, 2.24) is 0 Å². The summed E-state index contributed by atoms with van der Waals surface area (Å²) in [5.41, 5.74) is -1.40. The fourth-order valence-corrected chi connectivity index (χ4v) is 4.66. The minimum atomic E-state index is -4.50.